The van der Waals surface area contributed by atoms with Crippen LogP contribution in [-0.2, 0) is 11.2 Å². The van der Waals surface area contributed by atoms with Crippen molar-refractivity contribution in [3.8, 4) is 11.4 Å². The molecule has 1 amide bonds. The predicted molar refractivity (Wildman–Crippen MR) is 110 cm³/mol. The van der Waals surface area contributed by atoms with Crippen LogP contribution in [0.25, 0.3) is 5.69 Å². The summed E-state index contributed by atoms with van der Waals surface area (Å²) >= 11 is 0. The Kier molecular flexibility index (Phi) is 4.99. The molecule has 0 saturated carbocycles. The van der Waals surface area contributed by atoms with Crippen LogP contribution in [-0.4, -0.2) is 35.6 Å². The average molecular weight is 396 g/mol. The number of amides is 1. The summed E-state index contributed by atoms with van der Waals surface area (Å²) in [6, 6.07) is 7.20. The molecule has 1 aliphatic heterocycles. The third kappa shape index (κ3) is 3.81. The molecule has 1 atom stereocenters. The number of fused-ring (bicyclic) bond motifs is 1. The first-order valence-electron chi connectivity index (χ1n) is 10.2. The number of hydrogen-bond donors (Lipinski definition) is 1. The van der Waals surface area contributed by atoms with Crippen molar-refractivity contribution < 1.29 is 19.1 Å². The van der Waals surface area contributed by atoms with Gasteiger partial charge in [-0.3, -0.25) is 9.59 Å². The molecule has 154 valence electrons. The summed E-state index contributed by atoms with van der Waals surface area (Å²) in [5, 5.41) is 0. The molecule has 6 nitrogen and oxygen atoms in total. The van der Waals surface area contributed by atoms with Crippen molar-refractivity contribution in [3.63, 3.8) is 0 Å². The zero-order chi connectivity index (χ0) is 20.8. The van der Waals surface area contributed by atoms with Crippen LogP contribution in [0.2, 0.25) is 0 Å². The van der Waals surface area contributed by atoms with Crippen molar-refractivity contribution in [1.29, 1.82) is 0 Å². The van der Waals surface area contributed by atoms with Crippen LogP contribution < -0.4 is 10.5 Å². The molecule has 2 aromatic rings. The van der Waals surface area contributed by atoms with Crippen molar-refractivity contribution in [3.05, 3.63) is 46.8 Å². The zero-order valence-corrected chi connectivity index (χ0v) is 17.3. The van der Waals surface area contributed by atoms with Crippen LogP contribution >= 0.6 is 0 Å². The van der Waals surface area contributed by atoms with Gasteiger partial charge in [0.2, 0.25) is 5.91 Å². The van der Waals surface area contributed by atoms with E-state index in [0.29, 0.717) is 24.3 Å². The van der Waals surface area contributed by atoms with Gasteiger partial charge in [-0.2, -0.15) is 0 Å². The molecule has 1 aromatic carbocycles. The summed E-state index contributed by atoms with van der Waals surface area (Å²) < 4.78 is 13.9. The molecule has 2 heterocycles. The number of primary amides is 1. The van der Waals surface area contributed by atoms with E-state index < -0.39 is 5.91 Å². The number of carbonyl (C=O) groups excluding carboxylic acids is 2. The van der Waals surface area contributed by atoms with Crippen LogP contribution in [0, 0.1) is 12.3 Å². The van der Waals surface area contributed by atoms with Gasteiger partial charge in [0.05, 0.1) is 11.8 Å². The number of aromatic nitrogens is 1. The van der Waals surface area contributed by atoms with Gasteiger partial charge in [-0.1, -0.05) is 13.8 Å². The third-order valence-electron chi connectivity index (χ3n) is 5.81. The Morgan fingerprint density at radius 3 is 2.79 bits per heavy atom. The fourth-order valence-electron chi connectivity index (χ4n) is 4.41. The maximum absolute atomic E-state index is 12.7. The van der Waals surface area contributed by atoms with Crippen LogP contribution in [0.3, 0.4) is 0 Å². The molecule has 0 bridgehead atoms. The average Bonchev–Trinajstić information content (AvgIpc) is 3.26. The summed E-state index contributed by atoms with van der Waals surface area (Å²) in [6.45, 7) is 7.40. The van der Waals surface area contributed by atoms with Crippen LogP contribution in [0.15, 0.2) is 24.3 Å². The van der Waals surface area contributed by atoms with E-state index in [1.54, 1.807) is 12.1 Å². The van der Waals surface area contributed by atoms with Gasteiger partial charge in [-0.15, -0.1) is 0 Å². The fraction of sp³-hybridized carbons (Fsp3) is 0.478. The lowest BCUT2D eigenvalue weighted by molar-refractivity contribution is 0.0679. The van der Waals surface area contributed by atoms with E-state index in [1.165, 1.54) is 0 Å². The first-order valence-corrected chi connectivity index (χ1v) is 10.2. The molecule has 1 aliphatic carbocycles. The molecule has 6 heteroatoms. The Labute approximate surface area is 171 Å². The highest BCUT2D eigenvalue weighted by Gasteiger charge is 2.34. The lowest BCUT2D eigenvalue weighted by atomic mass is 9.76. The second-order valence-corrected chi connectivity index (χ2v) is 8.92. The van der Waals surface area contributed by atoms with E-state index in [2.05, 4.69) is 18.4 Å². The minimum atomic E-state index is -0.499. The molecule has 2 N–H and O–H groups in total. The molecule has 4 rings (SSSR count). The lowest BCUT2D eigenvalue weighted by Gasteiger charge is -2.30. The van der Waals surface area contributed by atoms with Gasteiger partial charge in [0.15, 0.2) is 5.78 Å². The van der Waals surface area contributed by atoms with Crippen LogP contribution in [0.4, 0.5) is 0 Å². The summed E-state index contributed by atoms with van der Waals surface area (Å²) in [5.41, 5.74) is 9.35. The summed E-state index contributed by atoms with van der Waals surface area (Å²) in [7, 11) is 0. The fourth-order valence-corrected chi connectivity index (χ4v) is 4.41. The zero-order valence-electron chi connectivity index (χ0n) is 17.3. The number of ether oxygens (including phenoxy) is 2. The standard InChI is InChI=1S/C23H28N2O4/c1-14-9-17-19(11-23(2,3)12-20(17)26)25(14)18-7-6-15(22(24)27)10-21(18)29-13-16-5-4-8-28-16/h6-7,9-10,16H,4-5,8,11-13H2,1-3H3,(H2,24,27). The normalized spacial score (nSPS) is 20.5. The lowest BCUT2D eigenvalue weighted by Crippen LogP contribution is -2.28. The van der Waals surface area contributed by atoms with Gasteiger partial charge in [0.25, 0.3) is 0 Å². The Morgan fingerprint density at radius 2 is 2.10 bits per heavy atom. The highest BCUT2D eigenvalue weighted by molar-refractivity contribution is 5.99. The minimum Gasteiger partial charge on any atom is -0.489 e. The molecule has 1 fully saturated rings. The van der Waals surface area contributed by atoms with E-state index in [9.17, 15) is 9.59 Å². The number of hydrogen-bond acceptors (Lipinski definition) is 4. The van der Waals surface area contributed by atoms with E-state index in [0.717, 1.165) is 48.5 Å². The maximum Gasteiger partial charge on any atom is 0.248 e. The van der Waals surface area contributed by atoms with Crippen molar-refractivity contribution in [2.24, 2.45) is 11.1 Å². The number of nitrogens with zero attached hydrogens (tertiary/aromatic N) is 1. The molecule has 1 unspecified atom stereocenters. The first-order chi connectivity index (χ1) is 13.7. The first kappa shape index (κ1) is 19.7. The predicted octanol–water partition coefficient (Wildman–Crippen LogP) is 3.60. The SMILES string of the molecule is Cc1cc2c(n1-c1ccc(C(N)=O)cc1OCC1CCCO1)CC(C)(C)CC2=O. The van der Waals surface area contributed by atoms with Gasteiger partial charge < -0.3 is 19.8 Å². The molecular formula is C23H28N2O4. The summed E-state index contributed by atoms with van der Waals surface area (Å²) in [4.78, 5) is 24.4. The second-order valence-electron chi connectivity index (χ2n) is 8.92. The highest BCUT2D eigenvalue weighted by Crippen LogP contribution is 2.39. The smallest absolute Gasteiger partial charge is 0.248 e. The minimum absolute atomic E-state index is 0.0558. The number of Topliss-reactive ketones (excluding diaryl/α,β-unsaturated/α-hetero) is 1. The molecule has 29 heavy (non-hydrogen) atoms. The van der Waals surface area contributed by atoms with Crippen molar-refractivity contribution in [1.82, 2.24) is 4.57 Å². The van der Waals surface area contributed by atoms with Gasteiger partial charge in [-0.05, 0) is 55.9 Å². The summed E-state index contributed by atoms with van der Waals surface area (Å²) in [6.07, 6.45) is 3.40. The van der Waals surface area contributed by atoms with Crippen molar-refractivity contribution >= 4 is 11.7 Å². The quantitative estimate of drug-likeness (QED) is 0.837. The second kappa shape index (κ2) is 7.34. The topological polar surface area (TPSA) is 83.6 Å². The monoisotopic (exact) mass is 396 g/mol. The number of rotatable bonds is 5. The van der Waals surface area contributed by atoms with E-state index >= 15 is 0 Å². The van der Waals surface area contributed by atoms with Crippen LogP contribution in [0.1, 0.15) is 65.2 Å². The van der Waals surface area contributed by atoms with E-state index in [-0.39, 0.29) is 17.3 Å². The summed E-state index contributed by atoms with van der Waals surface area (Å²) in [5.74, 6) is 0.254. The number of nitrogens with two attached hydrogens (primary N) is 1. The Hall–Kier alpha value is -2.60. The Balaban J connectivity index is 1.78. The molecule has 0 spiro atoms. The van der Waals surface area contributed by atoms with Crippen molar-refractivity contribution in [2.45, 2.75) is 52.6 Å². The number of carbonyl (C=O) groups is 2. The van der Waals surface area contributed by atoms with E-state index in [1.807, 2.05) is 19.1 Å². The Morgan fingerprint density at radius 1 is 1.31 bits per heavy atom. The van der Waals surface area contributed by atoms with E-state index in [4.69, 9.17) is 15.2 Å². The molecule has 0 radical (unpaired) electrons. The number of ketones is 1. The van der Waals surface area contributed by atoms with Gasteiger partial charge in [0.1, 0.15) is 12.4 Å². The molecule has 2 aliphatic rings. The number of benzene rings is 1. The maximum atomic E-state index is 12.7. The van der Waals surface area contributed by atoms with Crippen molar-refractivity contribution in [2.75, 3.05) is 13.2 Å². The molecule has 1 aromatic heterocycles. The van der Waals surface area contributed by atoms with Crippen LogP contribution in [0.5, 0.6) is 5.75 Å². The highest BCUT2D eigenvalue weighted by atomic mass is 16.5. The Bertz CT molecular complexity index is 967. The largest absolute Gasteiger partial charge is 0.489 e. The van der Waals surface area contributed by atoms with Gasteiger partial charge in [0, 0.05) is 35.5 Å². The van der Waals surface area contributed by atoms with Gasteiger partial charge in [-0.25, -0.2) is 0 Å². The van der Waals surface area contributed by atoms with Gasteiger partial charge >= 0.3 is 0 Å². The molecular weight excluding hydrogens is 368 g/mol. The number of aryl methyl sites for hydroxylation is 1. The molecule has 1 saturated heterocycles. The third-order valence-corrected chi connectivity index (χ3v) is 5.81.